The summed E-state index contributed by atoms with van der Waals surface area (Å²) in [4.78, 5) is 0. The van der Waals surface area contributed by atoms with Crippen molar-refractivity contribution in [2.24, 2.45) is 17.3 Å². The van der Waals surface area contributed by atoms with Crippen LogP contribution in [0, 0.1) is 17.3 Å². The van der Waals surface area contributed by atoms with E-state index in [0.717, 1.165) is 18.4 Å². The number of hydrogen-bond acceptors (Lipinski definition) is 2. The maximum absolute atomic E-state index is 5.83. The number of rotatable bonds is 4. The largest absolute Gasteiger partial charge is 0.356 e. The summed E-state index contributed by atoms with van der Waals surface area (Å²) in [7, 11) is 1.72. The average Bonchev–Trinajstić information content (AvgIpc) is 2.25. The van der Waals surface area contributed by atoms with E-state index in [1.54, 1.807) is 7.11 Å². The van der Waals surface area contributed by atoms with E-state index >= 15 is 0 Å². The van der Waals surface area contributed by atoms with Gasteiger partial charge in [0.1, 0.15) is 0 Å². The van der Waals surface area contributed by atoms with E-state index in [9.17, 15) is 0 Å². The lowest BCUT2D eigenvalue weighted by molar-refractivity contribution is -0.150. The van der Waals surface area contributed by atoms with Gasteiger partial charge in [0, 0.05) is 7.11 Å². The molecule has 0 saturated heterocycles. The molecule has 0 spiro atoms. The molecule has 0 aromatic rings. The lowest BCUT2D eigenvalue weighted by atomic mass is 9.59. The van der Waals surface area contributed by atoms with Gasteiger partial charge in [-0.2, -0.15) is 0 Å². The SMILES string of the molecule is COC(C)OCC12CCCC(CC(C)C1)C2. The van der Waals surface area contributed by atoms with Gasteiger partial charge in [0.25, 0.3) is 0 Å². The van der Waals surface area contributed by atoms with E-state index in [0.29, 0.717) is 5.41 Å². The summed E-state index contributed by atoms with van der Waals surface area (Å²) in [6.07, 6.45) is 8.38. The molecule has 0 radical (unpaired) electrons. The molecule has 16 heavy (non-hydrogen) atoms. The first-order valence-corrected chi connectivity index (χ1v) is 6.78. The van der Waals surface area contributed by atoms with Gasteiger partial charge in [0.2, 0.25) is 0 Å². The first-order chi connectivity index (χ1) is 7.63. The summed E-state index contributed by atoms with van der Waals surface area (Å²) < 4.78 is 11.0. The van der Waals surface area contributed by atoms with Gasteiger partial charge in [-0.15, -0.1) is 0 Å². The van der Waals surface area contributed by atoms with Gasteiger partial charge in [0.15, 0.2) is 6.29 Å². The monoisotopic (exact) mass is 226 g/mol. The van der Waals surface area contributed by atoms with Crippen molar-refractivity contribution in [2.45, 2.75) is 58.7 Å². The third kappa shape index (κ3) is 2.78. The van der Waals surface area contributed by atoms with E-state index in [-0.39, 0.29) is 6.29 Å². The molecule has 2 heteroatoms. The number of hydrogen-bond donors (Lipinski definition) is 0. The lowest BCUT2D eigenvalue weighted by Crippen LogP contribution is -2.40. The Kier molecular flexibility index (Phi) is 3.91. The highest BCUT2D eigenvalue weighted by molar-refractivity contribution is 4.92. The predicted molar refractivity (Wildman–Crippen MR) is 65.2 cm³/mol. The van der Waals surface area contributed by atoms with Gasteiger partial charge in [-0.3, -0.25) is 0 Å². The van der Waals surface area contributed by atoms with Crippen LogP contribution in [0.3, 0.4) is 0 Å². The second-order valence-corrected chi connectivity index (χ2v) is 6.12. The van der Waals surface area contributed by atoms with Crippen LogP contribution in [0.1, 0.15) is 52.4 Å². The fraction of sp³-hybridized carbons (Fsp3) is 1.00. The van der Waals surface area contributed by atoms with Gasteiger partial charge in [0.05, 0.1) is 6.61 Å². The Hall–Kier alpha value is -0.0800. The Morgan fingerprint density at radius 2 is 2.19 bits per heavy atom. The molecule has 0 heterocycles. The summed E-state index contributed by atoms with van der Waals surface area (Å²) in [6.45, 7) is 5.30. The molecule has 4 unspecified atom stereocenters. The molecule has 0 amide bonds. The summed E-state index contributed by atoms with van der Waals surface area (Å²) >= 11 is 0. The molecule has 94 valence electrons. The minimum absolute atomic E-state index is 0.0491. The van der Waals surface area contributed by atoms with Gasteiger partial charge in [-0.25, -0.2) is 0 Å². The molecule has 0 N–H and O–H groups in total. The summed E-state index contributed by atoms with van der Waals surface area (Å²) in [5.41, 5.74) is 0.480. The topological polar surface area (TPSA) is 18.5 Å². The highest BCUT2D eigenvalue weighted by atomic mass is 16.7. The van der Waals surface area contributed by atoms with E-state index in [1.807, 2.05) is 6.92 Å². The van der Waals surface area contributed by atoms with E-state index < -0.39 is 0 Å². The van der Waals surface area contributed by atoms with Crippen molar-refractivity contribution in [3.63, 3.8) is 0 Å². The van der Waals surface area contributed by atoms with Crippen LogP contribution in [0.5, 0.6) is 0 Å². The number of methoxy groups -OCH3 is 1. The van der Waals surface area contributed by atoms with Crippen LogP contribution in [0.4, 0.5) is 0 Å². The zero-order chi connectivity index (χ0) is 11.6. The molecule has 2 fully saturated rings. The van der Waals surface area contributed by atoms with Crippen LogP contribution in [0.15, 0.2) is 0 Å². The van der Waals surface area contributed by atoms with Crippen molar-refractivity contribution >= 4 is 0 Å². The van der Waals surface area contributed by atoms with Crippen molar-refractivity contribution in [1.29, 1.82) is 0 Å². The minimum Gasteiger partial charge on any atom is -0.356 e. The molecule has 2 nitrogen and oxygen atoms in total. The Morgan fingerprint density at radius 1 is 1.38 bits per heavy atom. The van der Waals surface area contributed by atoms with Crippen LogP contribution >= 0.6 is 0 Å². The normalized spacial score (nSPS) is 40.7. The smallest absolute Gasteiger partial charge is 0.154 e. The molecule has 4 atom stereocenters. The van der Waals surface area contributed by atoms with Gasteiger partial charge >= 0.3 is 0 Å². The molecular formula is C14H26O2. The second-order valence-electron chi connectivity index (χ2n) is 6.12. The summed E-state index contributed by atoms with van der Waals surface area (Å²) in [6, 6.07) is 0. The lowest BCUT2D eigenvalue weighted by Gasteiger charge is -2.47. The number of ether oxygens (including phenoxy) is 2. The van der Waals surface area contributed by atoms with Crippen molar-refractivity contribution in [1.82, 2.24) is 0 Å². The standard InChI is InChI=1S/C14H26O2/c1-11-7-13-5-4-6-14(8-11,9-13)10-16-12(2)15-3/h11-13H,4-10H2,1-3H3. The highest BCUT2D eigenvalue weighted by Crippen LogP contribution is 2.51. The zero-order valence-electron chi connectivity index (χ0n) is 11.0. The zero-order valence-corrected chi connectivity index (χ0v) is 11.0. The van der Waals surface area contributed by atoms with Gasteiger partial charge < -0.3 is 9.47 Å². The molecule has 0 aliphatic heterocycles. The van der Waals surface area contributed by atoms with Crippen molar-refractivity contribution in [3.05, 3.63) is 0 Å². The van der Waals surface area contributed by atoms with Crippen molar-refractivity contribution in [2.75, 3.05) is 13.7 Å². The quantitative estimate of drug-likeness (QED) is 0.682. The fourth-order valence-corrected chi connectivity index (χ4v) is 3.91. The van der Waals surface area contributed by atoms with Crippen molar-refractivity contribution < 1.29 is 9.47 Å². The second kappa shape index (κ2) is 5.05. The first kappa shape index (κ1) is 12.4. The molecule has 2 saturated carbocycles. The van der Waals surface area contributed by atoms with E-state index in [1.165, 1.54) is 38.5 Å². The molecule has 2 aliphatic rings. The molecule has 2 rings (SSSR count). The molecule has 2 bridgehead atoms. The van der Waals surface area contributed by atoms with Crippen LogP contribution in [-0.2, 0) is 9.47 Å². The van der Waals surface area contributed by atoms with E-state index in [2.05, 4.69) is 6.92 Å². The van der Waals surface area contributed by atoms with Crippen LogP contribution in [0.25, 0.3) is 0 Å². The maximum atomic E-state index is 5.83. The minimum atomic E-state index is -0.0491. The summed E-state index contributed by atoms with van der Waals surface area (Å²) in [5.74, 6) is 1.86. The Bertz CT molecular complexity index is 225. The Morgan fingerprint density at radius 3 is 2.94 bits per heavy atom. The highest BCUT2D eigenvalue weighted by Gasteiger charge is 2.42. The summed E-state index contributed by atoms with van der Waals surface area (Å²) in [5, 5.41) is 0. The Labute approximate surface area is 99.7 Å². The average molecular weight is 226 g/mol. The molecule has 2 aliphatic carbocycles. The van der Waals surface area contributed by atoms with Crippen LogP contribution in [0.2, 0.25) is 0 Å². The molecule has 0 aromatic carbocycles. The number of fused-ring (bicyclic) bond motifs is 2. The van der Waals surface area contributed by atoms with Gasteiger partial charge in [-0.1, -0.05) is 19.8 Å². The molecule has 0 aromatic heterocycles. The van der Waals surface area contributed by atoms with Gasteiger partial charge in [-0.05, 0) is 49.9 Å². The van der Waals surface area contributed by atoms with Crippen molar-refractivity contribution in [3.8, 4) is 0 Å². The molecular weight excluding hydrogens is 200 g/mol. The van der Waals surface area contributed by atoms with E-state index in [4.69, 9.17) is 9.47 Å². The van der Waals surface area contributed by atoms with Crippen LogP contribution in [-0.4, -0.2) is 20.0 Å². The maximum Gasteiger partial charge on any atom is 0.154 e. The predicted octanol–water partition coefficient (Wildman–Crippen LogP) is 3.60. The fourth-order valence-electron chi connectivity index (χ4n) is 3.91. The Balaban J connectivity index is 1.93. The third-order valence-electron chi connectivity index (χ3n) is 4.51. The van der Waals surface area contributed by atoms with Crippen LogP contribution < -0.4 is 0 Å². The first-order valence-electron chi connectivity index (χ1n) is 6.78. The third-order valence-corrected chi connectivity index (χ3v) is 4.51.